The lowest BCUT2D eigenvalue weighted by atomic mass is 9.95. The van der Waals surface area contributed by atoms with Crippen molar-refractivity contribution in [2.45, 2.75) is 50.0 Å². The second kappa shape index (κ2) is 9.38. The molecule has 172 valence electrons. The van der Waals surface area contributed by atoms with Crippen LogP contribution in [0, 0.1) is 6.92 Å². The Hall–Kier alpha value is -2.78. The maximum atomic E-state index is 13.7. The van der Waals surface area contributed by atoms with Crippen LogP contribution in [0.1, 0.15) is 37.7 Å². The second-order valence-corrected chi connectivity index (χ2v) is 9.97. The number of ether oxygens (including phenoxy) is 3. The molecule has 1 heterocycles. The Bertz CT molecular complexity index is 1100. The topological polar surface area (TPSA) is 94.2 Å². The number of aryl methyl sites for hydroxylation is 1. The normalized spacial score (nSPS) is 16.2. The Balaban J connectivity index is 1.60. The predicted octanol–water partition coefficient (Wildman–Crippen LogP) is 3.69. The number of rotatable bonds is 7. The van der Waals surface area contributed by atoms with Gasteiger partial charge in [0.15, 0.2) is 11.5 Å². The molecule has 2 aromatic rings. The lowest BCUT2D eigenvalue weighted by molar-refractivity contribution is -0.116. The summed E-state index contributed by atoms with van der Waals surface area (Å²) in [5.74, 6) is 1.02. The van der Waals surface area contributed by atoms with E-state index in [1.54, 1.807) is 36.4 Å². The maximum absolute atomic E-state index is 13.7. The summed E-state index contributed by atoms with van der Waals surface area (Å²) in [5.41, 5.74) is 1.33. The number of hydrogen-bond acceptors (Lipinski definition) is 6. The lowest BCUT2D eigenvalue weighted by Crippen LogP contribution is -2.45. The average molecular weight is 461 g/mol. The van der Waals surface area contributed by atoms with E-state index in [0.717, 1.165) is 37.7 Å². The third-order valence-electron chi connectivity index (χ3n) is 5.84. The molecule has 1 amide bonds. The molecule has 1 aliphatic heterocycles. The number of nitrogens with one attached hydrogen (secondary N) is 1. The van der Waals surface area contributed by atoms with E-state index in [9.17, 15) is 13.2 Å². The van der Waals surface area contributed by atoms with Crippen LogP contribution in [0.2, 0.25) is 0 Å². The van der Waals surface area contributed by atoms with Gasteiger partial charge in [-0.25, -0.2) is 8.42 Å². The fourth-order valence-corrected chi connectivity index (χ4v) is 6.09. The van der Waals surface area contributed by atoms with Crippen LogP contribution in [0.4, 0.5) is 5.69 Å². The van der Waals surface area contributed by atoms with Gasteiger partial charge in [-0.2, -0.15) is 4.31 Å². The zero-order valence-electron chi connectivity index (χ0n) is 18.3. The number of methoxy groups -OCH3 is 1. The standard InChI is InChI=1S/C23H28N2O6S/c1-16-8-10-20(29-2)22(12-16)32(27,28)25(18-6-4-3-5-7-18)14-23(26)24-17-9-11-19-21(13-17)31-15-30-19/h8-13,18H,3-7,14-15H2,1-2H3,(H,24,26). The van der Waals surface area contributed by atoms with Crippen molar-refractivity contribution in [1.29, 1.82) is 0 Å². The first-order chi connectivity index (χ1) is 15.4. The monoisotopic (exact) mass is 460 g/mol. The van der Waals surface area contributed by atoms with Gasteiger partial charge in [0.25, 0.3) is 0 Å². The van der Waals surface area contributed by atoms with Crippen molar-refractivity contribution in [2.75, 3.05) is 25.8 Å². The molecule has 1 fully saturated rings. The van der Waals surface area contributed by atoms with Crippen LogP contribution in [0.15, 0.2) is 41.3 Å². The van der Waals surface area contributed by atoms with Crippen LogP contribution >= 0.6 is 0 Å². The van der Waals surface area contributed by atoms with Crippen molar-refractivity contribution in [3.8, 4) is 17.2 Å². The van der Waals surface area contributed by atoms with Crippen molar-refractivity contribution < 1.29 is 27.4 Å². The largest absolute Gasteiger partial charge is 0.495 e. The van der Waals surface area contributed by atoms with E-state index in [-0.39, 0.29) is 30.0 Å². The summed E-state index contributed by atoms with van der Waals surface area (Å²) in [5, 5.41) is 2.79. The van der Waals surface area contributed by atoms with E-state index in [0.29, 0.717) is 17.2 Å². The average Bonchev–Trinajstić information content (AvgIpc) is 3.26. The van der Waals surface area contributed by atoms with E-state index >= 15 is 0 Å². The molecule has 0 unspecified atom stereocenters. The Morgan fingerprint density at radius 3 is 2.59 bits per heavy atom. The van der Waals surface area contributed by atoms with E-state index < -0.39 is 15.9 Å². The predicted molar refractivity (Wildman–Crippen MR) is 120 cm³/mol. The van der Waals surface area contributed by atoms with Crippen molar-refractivity contribution in [2.24, 2.45) is 0 Å². The van der Waals surface area contributed by atoms with Crippen LogP contribution < -0.4 is 19.5 Å². The van der Waals surface area contributed by atoms with E-state index in [4.69, 9.17) is 14.2 Å². The van der Waals surface area contributed by atoms with E-state index in [1.165, 1.54) is 11.4 Å². The van der Waals surface area contributed by atoms with Gasteiger partial charge in [0, 0.05) is 17.8 Å². The van der Waals surface area contributed by atoms with Crippen molar-refractivity contribution in [1.82, 2.24) is 4.31 Å². The van der Waals surface area contributed by atoms with Gasteiger partial charge in [-0.1, -0.05) is 25.3 Å². The first-order valence-electron chi connectivity index (χ1n) is 10.7. The zero-order valence-corrected chi connectivity index (χ0v) is 19.1. The summed E-state index contributed by atoms with van der Waals surface area (Å²) in [6, 6.07) is 9.90. The molecule has 0 atom stereocenters. The lowest BCUT2D eigenvalue weighted by Gasteiger charge is -2.33. The van der Waals surface area contributed by atoms with Gasteiger partial charge in [0.05, 0.1) is 13.7 Å². The van der Waals surface area contributed by atoms with Gasteiger partial charge < -0.3 is 19.5 Å². The molecule has 2 aromatic carbocycles. The minimum atomic E-state index is -3.96. The van der Waals surface area contributed by atoms with Gasteiger partial charge >= 0.3 is 0 Å². The smallest absolute Gasteiger partial charge is 0.247 e. The summed E-state index contributed by atoms with van der Waals surface area (Å²) < 4.78 is 44.8. The molecule has 8 nitrogen and oxygen atoms in total. The molecule has 9 heteroatoms. The molecular formula is C23H28N2O6S. The quantitative estimate of drug-likeness (QED) is 0.677. The highest BCUT2D eigenvalue weighted by Gasteiger charge is 2.36. The van der Waals surface area contributed by atoms with Crippen LogP contribution in [0.3, 0.4) is 0 Å². The van der Waals surface area contributed by atoms with Gasteiger partial charge in [-0.05, 0) is 49.6 Å². The molecule has 2 aliphatic rings. The van der Waals surface area contributed by atoms with Crippen LogP contribution in [-0.4, -0.2) is 45.1 Å². The number of anilines is 1. The molecule has 0 aromatic heterocycles. The van der Waals surface area contributed by atoms with E-state index in [2.05, 4.69) is 5.32 Å². The maximum Gasteiger partial charge on any atom is 0.247 e. The number of carbonyl (C=O) groups is 1. The first-order valence-corrected chi connectivity index (χ1v) is 12.2. The third-order valence-corrected chi connectivity index (χ3v) is 7.76. The summed E-state index contributed by atoms with van der Waals surface area (Å²) in [6.45, 7) is 1.69. The number of carbonyl (C=O) groups excluding carboxylic acids is 1. The van der Waals surface area contributed by atoms with Gasteiger partial charge in [0.1, 0.15) is 10.6 Å². The Morgan fingerprint density at radius 2 is 1.84 bits per heavy atom. The van der Waals surface area contributed by atoms with Gasteiger partial charge in [-0.3, -0.25) is 4.79 Å². The number of amides is 1. The minimum absolute atomic E-state index is 0.0847. The molecule has 0 radical (unpaired) electrons. The highest BCUT2D eigenvalue weighted by molar-refractivity contribution is 7.89. The second-order valence-electron chi connectivity index (χ2n) is 8.11. The number of hydrogen-bond donors (Lipinski definition) is 1. The minimum Gasteiger partial charge on any atom is -0.495 e. The fourth-order valence-electron chi connectivity index (χ4n) is 4.21. The molecule has 32 heavy (non-hydrogen) atoms. The van der Waals surface area contributed by atoms with Gasteiger partial charge in [0.2, 0.25) is 22.7 Å². The Morgan fingerprint density at radius 1 is 1.09 bits per heavy atom. The Labute approximate surface area is 188 Å². The van der Waals surface area contributed by atoms with Crippen LogP contribution in [0.25, 0.3) is 0 Å². The summed E-state index contributed by atoms with van der Waals surface area (Å²) in [6.07, 6.45) is 4.40. The highest BCUT2D eigenvalue weighted by Crippen LogP contribution is 2.35. The first kappa shape index (κ1) is 22.4. The highest BCUT2D eigenvalue weighted by atomic mass is 32.2. The third kappa shape index (κ3) is 4.68. The molecule has 0 saturated heterocycles. The number of sulfonamides is 1. The molecular weight excluding hydrogens is 432 g/mol. The Kier molecular flexibility index (Phi) is 6.57. The molecule has 1 aliphatic carbocycles. The zero-order chi connectivity index (χ0) is 22.7. The summed E-state index contributed by atoms with van der Waals surface area (Å²) in [4.78, 5) is 13.0. The summed E-state index contributed by atoms with van der Waals surface area (Å²) in [7, 11) is -2.51. The molecule has 0 spiro atoms. The van der Waals surface area contributed by atoms with Gasteiger partial charge in [-0.15, -0.1) is 0 Å². The van der Waals surface area contributed by atoms with Crippen LogP contribution in [-0.2, 0) is 14.8 Å². The van der Waals surface area contributed by atoms with Crippen molar-refractivity contribution in [3.05, 3.63) is 42.0 Å². The molecule has 0 bridgehead atoms. The van der Waals surface area contributed by atoms with Crippen molar-refractivity contribution >= 4 is 21.6 Å². The number of nitrogens with zero attached hydrogens (tertiary/aromatic N) is 1. The number of fused-ring (bicyclic) bond motifs is 1. The molecule has 4 rings (SSSR count). The number of benzene rings is 2. The fraction of sp³-hybridized carbons (Fsp3) is 0.435. The molecule has 1 saturated carbocycles. The van der Waals surface area contributed by atoms with E-state index in [1.807, 2.05) is 6.92 Å². The van der Waals surface area contributed by atoms with Crippen LogP contribution in [0.5, 0.6) is 17.2 Å². The SMILES string of the molecule is COc1ccc(C)cc1S(=O)(=O)N(CC(=O)Nc1ccc2c(c1)OCO2)C1CCCCC1. The van der Waals surface area contributed by atoms with Crippen molar-refractivity contribution in [3.63, 3.8) is 0 Å². The molecule has 1 N–H and O–H groups in total. The summed E-state index contributed by atoms with van der Waals surface area (Å²) >= 11 is 0.